The average Bonchev–Trinajstić information content (AvgIpc) is 3.32. The lowest BCUT2D eigenvalue weighted by atomic mass is 10.1. The van der Waals surface area contributed by atoms with Crippen LogP contribution in [0.1, 0.15) is 21.5 Å². The second kappa shape index (κ2) is 9.32. The summed E-state index contributed by atoms with van der Waals surface area (Å²) in [6.07, 6.45) is 0. The summed E-state index contributed by atoms with van der Waals surface area (Å²) in [5.74, 6) is 2.27. The van der Waals surface area contributed by atoms with Crippen LogP contribution in [-0.4, -0.2) is 48.7 Å². The van der Waals surface area contributed by atoms with Gasteiger partial charge in [0.15, 0.2) is 11.5 Å². The van der Waals surface area contributed by atoms with Gasteiger partial charge in [-0.1, -0.05) is 48.5 Å². The number of para-hydroxylation sites is 1. The molecule has 1 amide bonds. The van der Waals surface area contributed by atoms with E-state index in [2.05, 4.69) is 11.0 Å². The molecule has 3 aromatic carbocycles. The van der Waals surface area contributed by atoms with Crippen LogP contribution in [-0.2, 0) is 13.2 Å². The fourth-order valence-corrected chi connectivity index (χ4v) is 4.08. The molecule has 0 saturated carbocycles. The third kappa shape index (κ3) is 4.55. The molecular weight excluding hydrogens is 404 g/mol. The fourth-order valence-electron chi connectivity index (χ4n) is 4.08. The summed E-state index contributed by atoms with van der Waals surface area (Å²) in [4.78, 5) is 17.5. The summed E-state index contributed by atoms with van der Waals surface area (Å²) in [5, 5.41) is 0. The highest BCUT2D eigenvalue weighted by molar-refractivity contribution is 5.97. The smallest absolute Gasteiger partial charge is 0.257 e. The Morgan fingerprint density at radius 3 is 2.41 bits per heavy atom. The number of rotatable bonds is 6. The quantitative estimate of drug-likeness (QED) is 0.593. The average molecular weight is 431 g/mol. The number of ether oxygens (including phenoxy) is 3. The topological polar surface area (TPSA) is 51.2 Å². The molecule has 0 aromatic heterocycles. The molecule has 6 nitrogen and oxygen atoms in total. The van der Waals surface area contributed by atoms with Gasteiger partial charge < -0.3 is 19.1 Å². The fraction of sp³-hybridized carbons (Fsp3) is 0.269. The summed E-state index contributed by atoms with van der Waals surface area (Å²) in [6, 6.07) is 23.6. The van der Waals surface area contributed by atoms with Gasteiger partial charge in [0.25, 0.3) is 5.91 Å². The minimum absolute atomic E-state index is 0.0244. The van der Waals surface area contributed by atoms with E-state index in [0.717, 1.165) is 36.7 Å². The first-order chi connectivity index (χ1) is 15.8. The molecule has 0 N–H and O–H groups in total. The van der Waals surface area contributed by atoms with E-state index < -0.39 is 0 Å². The second-order valence-electron chi connectivity index (χ2n) is 8.03. The molecule has 5 rings (SSSR count). The van der Waals surface area contributed by atoms with E-state index in [9.17, 15) is 4.79 Å². The van der Waals surface area contributed by atoms with Gasteiger partial charge in [0, 0.05) is 32.7 Å². The Kier molecular flexibility index (Phi) is 5.94. The summed E-state index contributed by atoms with van der Waals surface area (Å²) in [7, 11) is 0. The van der Waals surface area contributed by atoms with Crippen LogP contribution in [0, 0.1) is 0 Å². The van der Waals surface area contributed by atoms with Crippen molar-refractivity contribution < 1.29 is 19.0 Å². The molecule has 2 heterocycles. The Morgan fingerprint density at radius 1 is 0.812 bits per heavy atom. The van der Waals surface area contributed by atoms with E-state index in [1.165, 1.54) is 5.56 Å². The van der Waals surface area contributed by atoms with Gasteiger partial charge in [-0.15, -0.1) is 0 Å². The lowest BCUT2D eigenvalue weighted by molar-refractivity contribution is 0.0624. The molecule has 3 aromatic rings. The molecule has 0 atom stereocenters. The molecule has 0 spiro atoms. The molecule has 164 valence electrons. The highest BCUT2D eigenvalue weighted by Gasteiger charge is 2.24. The van der Waals surface area contributed by atoms with Gasteiger partial charge in [-0.3, -0.25) is 9.69 Å². The number of carbonyl (C=O) groups is 1. The summed E-state index contributed by atoms with van der Waals surface area (Å²) >= 11 is 0. The number of piperazine rings is 1. The Labute approximate surface area is 187 Å². The van der Waals surface area contributed by atoms with Gasteiger partial charge in [0.2, 0.25) is 6.79 Å². The Morgan fingerprint density at radius 2 is 1.56 bits per heavy atom. The lowest BCUT2D eigenvalue weighted by Crippen LogP contribution is -2.48. The molecular formula is C26H26N2O4. The third-order valence-electron chi connectivity index (χ3n) is 5.86. The lowest BCUT2D eigenvalue weighted by Gasteiger charge is -2.35. The maximum absolute atomic E-state index is 13.2. The zero-order chi connectivity index (χ0) is 21.8. The molecule has 1 saturated heterocycles. The first kappa shape index (κ1) is 20.4. The van der Waals surface area contributed by atoms with Gasteiger partial charge in [0.05, 0.1) is 5.56 Å². The number of hydrogen-bond acceptors (Lipinski definition) is 5. The van der Waals surface area contributed by atoms with Crippen LogP contribution >= 0.6 is 0 Å². The minimum atomic E-state index is 0.0244. The van der Waals surface area contributed by atoms with E-state index in [4.69, 9.17) is 14.2 Å². The molecule has 6 heteroatoms. The van der Waals surface area contributed by atoms with Crippen molar-refractivity contribution in [2.45, 2.75) is 13.2 Å². The maximum Gasteiger partial charge on any atom is 0.257 e. The summed E-state index contributed by atoms with van der Waals surface area (Å²) in [6.45, 7) is 4.59. The van der Waals surface area contributed by atoms with Gasteiger partial charge in [-0.2, -0.15) is 0 Å². The van der Waals surface area contributed by atoms with Gasteiger partial charge >= 0.3 is 0 Å². The molecule has 0 radical (unpaired) electrons. The molecule has 2 aliphatic rings. The monoisotopic (exact) mass is 430 g/mol. The minimum Gasteiger partial charge on any atom is -0.488 e. The van der Waals surface area contributed by atoms with Crippen LogP contribution in [0.2, 0.25) is 0 Å². The van der Waals surface area contributed by atoms with Crippen molar-refractivity contribution in [2.24, 2.45) is 0 Å². The highest BCUT2D eigenvalue weighted by atomic mass is 16.7. The van der Waals surface area contributed by atoms with E-state index in [0.29, 0.717) is 31.0 Å². The van der Waals surface area contributed by atoms with Crippen molar-refractivity contribution in [2.75, 3.05) is 33.0 Å². The SMILES string of the molecule is O=C(c1ccccc1OCc1ccccc1)N1CCN(Cc2ccc3c(c2)OCO3)CC1. The Balaban J connectivity index is 1.18. The standard InChI is InChI=1S/C26H26N2O4/c29-26(22-8-4-5-9-23(22)30-18-20-6-2-1-3-7-20)28-14-12-27(13-15-28)17-21-10-11-24-25(16-21)32-19-31-24/h1-11,16H,12-15,17-19H2. The van der Waals surface area contributed by atoms with Crippen LogP contribution in [0.5, 0.6) is 17.2 Å². The zero-order valence-corrected chi connectivity index (χ0v) is 17.9. The van der Waals surface area contributed by atoms with Gasteiger partial charge in [-0.25, -0.2) is 0 Å². The largest absolute Gasteiger partial charge is 0.488 e. The predicted octanol–water partition coefficient (Wildman–Crippen LogP) is 3.95. The highest BCUT2D eigenvalue weighted by Crippen LogP contribution is 2.33. The summed E-state index contributed by atoms with van der Waals surface area (Å²) < 4.78 is 16.9. The molecule has 0 aliphatic carbocycles. The van der Waals surface area contributed by atoms with E-state index in [1.807, 2.05) is 71.6 Å². The van der Waals surface area contributed by atoms with Crippen LogP contribution in [0.3, 0.4) is 0 Å². The van der Waals surface area contributed by atoms with Crippen molar-refractivity contribution in [1.82, 2.24) is 9.80 Å². The molecule has 0 unspecified atom stereocenters. The molecule has 1 fully saturated rings. The Hall–Kier alpha value is -3.51. The number of nitrogens with zero attached hydrogens (tertiary/aromatic N) is 2. The normalized spacial score (nSPS) is 15.6. The number of amides is 1. The zero-order valence-electron chi connectivity index (χ0n) is 17.9. The first-order valence-corrected chi connectivity index (χ1v) is 10.9. The third-order valence-corrected chi connectivity index (χ3v) is 5.86. The van der Waals surface area contributed by atoms with Gasteiger partial charge in [0.1, 0.15) is 12.4 Å². The van der Waals surface area contributed by atoms with E-state index in [-0.39, 0.29) is 12.7 Å². The molecule has 0 bridgehead atoms. The van der Waals surface area contributed by atoms with E-state index >= 15 is 0 Å². The van der Waals surface area contributed by atoms with Crippen molar-refractivity contribution in [1.29, 1.82) is 0 Å². The van der Waals surface area contributed by atoms with Crippen molar-refractivity contribution >= 4 is 5.91 Å². The maximum atomic E-state index is 13.2. The van der Waals surface area contributed by atoms with Crippen molar-refractivity contribution in [3.63, 3.8) is 0 Å². The van der Waals surface area contributed by atoms with Crippen LogP contribution in [0.4, 0.5) is 0 Å². The van der Waals surface area contributed by atoms with Crippen LogP contribution in [0.25, 0.3) is 0 Å². The van der Waals surface area contributed by atoms with Crippen LogP contribution in [0.15, 0.2) is 72.8 Å². The van der Waals surface area contributed by atoms with E-state index in [1.54, 1.807) is 0 Å². The summed E-state index contributed by atoms with van der Waals surface area (Å²) in [5.41, 5.74) is 2.88. The molecule has 2 aliphatic heterocycles. The number of carbonyl (C=O) groups excluding carboxylic acids is 1. The number of hydrogen-bond donors (Lipinski definition) is 0. The van der Waals surface area contributed by atoms with Crippen LogP contribution < -0.4 is 14.2 Å². The Bertz CT molecular complexity index is 1080. The van der Waals surface area contributed by atoms with Gasteiger partial charge in [-0.05, 0) is 35.4 Å². The van der Waals surface area contributed by atoms with Crippen molar-refractivity contribution in [3.8, 4) is 17.2 Å². The number of benzene rings is 3. The predicted molar refractivity (Wildman–Crippen MR) is 121 cm³/mol. The van der Waals surface area contributed by atoms with Crippen molar-refractivity contribution in [3.05, 3.63) is 89.5 Å². The second-order valence-corrected chi connectivity index (χ2v) is 8.03. The molecule has 32 heavy (non-hydrogen) atoms. The number of fused-ring (bicyclic) bond motifs is 1. The first-order valence-electron chi connectivity index (χ1n) is 10.9.